The van der Waals surface area contributed by atoms with Crippen LogP contribution < -0.4 is 0 Å². The van der Waals surface area contributed by atoms with Crippen LogP contribution in [0.3, 0.4) is 0 Å². The number of hydrogen-bond donors (Lipinski definition) is 0. The van der Waals surface area contributed by atoms with Crippen molar-refractivity contribution in [2.75, 3.05) is 26.2 Å². The number of piperazine rings is 1. The van der Waals surface area contributed by atoms with E-state index >= 15 is 0 Å². The van der Waals surface area contributed by atoms with Gasteiger partial charge in [0.05, 0.1) is 5.56 Å². The fourth-order valence-corrected chi connectivity index (χ4v) is 2.76. The van der Waals surface area contributed by atoms with Gasteiger partial charge in [0.15, 0.2) is 0 Å². The summed E-state index contributed by atoms with van der Waals surface area (Å²) in [6, 6.07) is 12.5. The van der Waals surface area contributed by atoms with Gasteiger partial charge in [-0.05, 0) is 29.8 Å². The highest BCUT2D eigenvalue weighted by Gasteiger charge is 2.23. The number of rotatable bonds is 3. The first kappa shape index (κ1) is 15.6. The lowest BCUT2D eigenvalue weighted by molar-refractivity contribution is 0.0624. The van der Waals surface area contributed by atoms with E-state index in [4.69, 9.17) is 0 Å². The molecule has 2 aromatic carbocycles. The molecule has 2 aromatic rings. The van der Waals surface area contributed by atoms with Crippen LogP contribution in [0.15, 0.2) is 48.5 Å². The normalized spacial score (nSPS) is 15.7. The fourth-order valence-electron chi connectivity index (χ4n) is 2.76. The molecule has 1 aliphatic rings. The maximum absolute atomic E-state index is 13.7. The van der Waals surface area contributed by atoms with E-state index in [1.54, 1.807) is 29.2 Å². The molecule has 120 valence electrons. The molecule has 1 fully saturated rings. The summed E-state index contributed by atoms with van der Waals surface area (Å²) < 4.78 is 26.6. The molecule has 5 heteroatoms. The van der Waals surface area contributed by atoms with Gasteiger partial charge < -0.3 is 4.90 Å². The fraction of sp³-hybridized carbons (Fsp3) is 0.278. The van der Waals surface area contributed by atoms with Gasteiger partial charge in [0, 0.05) is 32.7 Å². The third kappa shape index (κ3) is 3.74. The lowest BCUT2D eigenvalue weighted by Gasteiger charge is -2.34. The molecule has 0 N–H and O–H groups in total. The third-order valence-corrected chi connectivity index (χ3v) is 4.08. The molecule has 0 aliphatic carbocycles. The van der Waals surface area contributed by atoms with Crippen molar-refractivity contribution in [3.8, 4) is 0 Å². The number of hydrogen-bond acceptors (Lipinski definition) is 2. The van der Waals surface area contributed by atoms with Crippen molar-refractivity contribution in [3.63, 3.8) is 0 Å². The van der Waals surface area contributed by atoms with Crippen LogP contribution in [-0.2, 0) is 6.54 Å². The van der Waals surface area contributed by atoms with Gasteiger partial charge in [-0.3, -0.25) is 9.69 Å². The van der Waals surface area contributed by atoms with Crippen molar-refractivity contribution in [2.45, 2.75) is 6.54 Å². The topological polar surface area (TPSA) is 23.6 Å². The molecule has 3 nitrogen and oxygen atoms in total. The molecule has 0 spiro atoms. The molecule has 0 atom stereocenters. The van der Waals surface area contributed by atoms with Gasteiger partial charge >= 0.3 is 0 Å². The number of carbonyl (C=O) groups excluding carboxylic acids is 1. The van der Waals surface area contributed by atoms with Crippen molar-refractivity contribution in [1.82, 2.24) is 9.80 Å². The first-order chi connectivity index (χ1) is 11.1. The highest BCUT2D eigenvalue weighted by Crippen LogP contribution is 2.14. The predicted molar refractivity (Wildman–Crippen MR) is 84.0 cm³/mol. The molecule has 0 bridgehead atoms. The Morgan fingerprint density at radius 3 is 2.22 bits per heavy atom. The van der Waals surface area contributed by atoms with Crippen molar-refractivity contribution >= 4 is 5.91 Å². The maximum Gasteiger partial charge on any atom is 0.256 e. The van der Waals surface area contributed by atoms with E-state index < -0.39 is 5.82 Å². The van der Waals surface area contributed by atoms with Crippen molar-refractivity contribution < 1.29 is 13.6 Å². The van der Waals surface area contributed by atoms with Crippen LogP contribution in [-0.4, -0.2) is 41.9 Å². The quantitative estimate of drug-likeness (QED) is 0.869. The summed E-state index contributed by atoms with van der Waals surface area (Å²) in [5.41, 5.74) is 1.17. The summed E-state index contributed by atoms with van der Waals surface area (Å²) >= 11 is 0. The second-order valence-corrected chi connectivity index (χ2v) is 5.67. The monoisotopic (exact) mass is 316 g/mol. The average molecular weight is 316 g/mol. The van der Waals surface area contributed by atoms with Gasteiger partial charge in [0.25, 0.3) is 5.91 Å². The largest absolute Gasteiger partial charge is 0.336 e. The number of carbonyl (C=O) groups is 1. The molecule has 0 radical (unpaired) electrons. The Bertz CT molecular complexity index is 680. The van der Waals surface area contributed by atoms with Gasteiger partial charge in [-0.15, -0.1) is 0 Å². The Labute approximate surface area is 134 Å². The van der Waals surface area contributed by atoms with E-state index in [2.05, 4.69) is 4.90 Å². The lowest BCUT2D eigenvalue weighted by atomic mass is 10.1. The zero-order chi connectivity index (χ0) is 16.2. The van der Waals surface area contributed by atoms with Gasteiger partial charge in [0.1, 0.15) is 11.6 Å². The van der Waals surface area contributed by atoms with E-state index in [0.29, 0.717) is 13.1 Å². The number of halogens is 2. The van der Waals surface area contributed by atoms with E-state index in [1.807, 2.05) is 0 Å². The Kier molecular flexibility index (Phi) is 4.67. The van der Waals surface area contributed by atoms with Crippen LogP contribution >= 0.6 is 0 Å². The van der Waals surface area contributed by atoms with E-state index in [-0.39, 0.29) is 17.3 Å². The van der Waals surface area contributed by atoms with Crippen molar-refractivity contribution in [3.05, 3.63) is 71.3 Å². The molecule has 0 aromatic heterocycles. The Hall–Kier alpha value is -2.27. The molecular formula is C18H18F2N2O. The second-order valence-electron chi connectivity index (χ2n) is 5.67. The number of benzene rings is 2. The van der Waals surface area contributed by atoms with E-state index in [0.717, 1.165) is 25.2 Å². The summed E-state index contributed by atoms with van der Waals surface area (Å²) in [7, 11) is 0. The first-order valence-electron chi connectivity index (χ1n) is 7.64. The highest BCUT2D eigenvalue weighted by atomic mass is 19.1. The van der Waals surface area contributed by atoms with Crippen LogP contribution in [0.25, 0.3) is 0 Å². The molecule has 1 amide bonds. The van der Waals surface area contributed by atoms with Crippen molar-refractivity contribution in [2.24, 2.45) is 0 Å². The third-order valence-electron chi connectivity index (χ3n) is 4.08. The lowest BCUT2D eigenvalue weighted by Crippen LogP contribution is -2.48. The SMILES string of the molecule is O=C(c1ccccc1F)N1CCN(Cc2ccc(F)cc2)CC1. The minimum atomic E-state index is -0.480. The standard InChI is InChI=1S/C18H18F2N2O/c19-15-7-5-14(6-8-15)13-21-9-11-22(12-10-21)18(23)16-3-1-2-4-17(16)20/h1-8H,9-13H2. The molecular weight excluding hydrogens is 298 g/mol. The Balaban J connectivity index is 1.57. The molecule has 1 heterocycles. The van der Waals surface area contributed by atoms with E-state index in [9.17, 15) is 13.6 Å². The van der Waals surface area contributed by atoms with Crippen LogP contribution in [0, 0.1) is 11.6 Å². The number of nitrogens with zero attached hydrogens (tertiary/aromatic N) is 2. The van der Waals surface area contributed by atoms with Gasteiger partial charge in [-0.25, -0.2) is 8.78 Å². The van der Waals surface area contributed by atoms with Crippen LogP contribution in [0.4, 0.5) is 8.78 Å². The zero-order valence-electron chi connectivity index (χ0n) is 12.7. The van der Waals surface area contributed by atoms with Gasteiger partial charge in [-0.2, -0.15) is 0 Å². The molecule has 3 rings (SSSR count). The summed E-state index contributed by atoms with van der Waals surface area (Å²) in [4.78, 5) is 16.2. The Morgan fingerprint density at radius 1 is 0.913 bits per heavy atom. The van der Waals surface area contributed by atoms with Gasteiger partial charge in [0.2, 0.25) is 0 Å². The minimum absolute atomic E-state index is 0.125. The van der Waals surface area contributed by atoms with Crippen LogP contribution in [0.1, 0.15) is 15.9 Å². The average Bonchev–Trinajstić information content (AvgIpc) is 2.57. The second kappa shape index (κ2) is 6.87. The smallest absolute Gasteiger partial charge is 0.256 e. The van der Waals surface area contributed by atoms with Crippen LogP contribution in [0.2, 0.25) is 0 Å². The first-order valence-corrected chi connectivity index (χ1v) is 7.64. The summed E-state index contributed by atoms with van der Waals surface area (Å²) in [5, 5.41) is 0. The summed E-state index contributed by atoms with van der Waals surface area (Å²) in [6.07, 6.45) is 0. The minimum Gasteiger partial charge on any atom is -0.336 e. The zero-order valence-corrected chi connectivity index (χ0v) is 12.7. The molecule has 1 saturated heterocycles. The molecule has 23 heavy (non-hydrogen) atoms. The van der Waals surface area contributed by atoms with E-state index in [1.165, 1.54) is 24.3 Å². The van der Waals surface area contributed by atoms with Crippen molar-refractivity contribution in [1.29, 1.82) is 0 Å². The highest BCUT2D eigenvalue weighted by molar-refractivity contribution is 5.94. The maximum atomic E-state index is 13.7. The molecule has 1 aliphatic heterocycles. The summed E-state index contributed by atoms with van der Waals surface area (Å²) in [5.74, 6) is -0.982. The number of amides is 1. The molecule has 0 unspecified atom stereocenters. The Morgan fingerprint density at radius 2 is 1.57 bits per heavy atom. The van der Waals surface area contributed by atoms with Crippen LogP contribution in [0.5, 0.6) is 0 Å². The predicted octanol–water partition coefficient (Wildman–Crippen LogP) is 2.92. The molecule has 0 saturated carbocycles. The summed E-state index contributed by atoms with van der Waals surface area (Å²) in [6.45, 7) is 3.29. The van der Waals surface area contributed by atoms with Gasteiger partial charge in [-0.1, -0.05) is 24.3 Å².